The van der Waals surface area contributed by atoms with Crippen molar-refractivity contribution >= 4 is 28.8 Å². The number of H-pyrrole nitrogens is 1. The Labute approximate surface area is 124 Å². The van der Waals surface area contributed by atoms with Crippen molar-refractivity contribution in [1.82, 2.24) is 15.0 Å². The predicted molar refractivity (Wildman–Crippen MR) is 78.0 cm³/mol. The molecule has 0 atom stereocenters. The molecule has 0 fully saturated rings. The summed E-state index contributed by atoms with van der Waals surface area (Å²) in [6.45, 7) is 0. The third-order valence-electron chi connectivity index (χ3n) is 2.86. The molecule has 2 N–H and O–H groups in total. The highest BCUT2D eigenvalue weighted by Gasteiger charge is 2.14. The summed E-state index contributed by atoms with van der Waals surface area (Å²) in [7, 11) is 1.60. The molecule has 0 saturated carbocycles. The molecular weight excluding hydrogens is 290 g/mol. The molecule has 0 unspecified atom stereocenters. The molecule has 0 radical (unpaired) electrons. The Morgan fingerprint density at radius 1 is 1.38 bits per heavy atom. The number of rotatable bonds is 4. The molecule has 0 bridgehead atoms. The Hall–Kier alpha value is -2.54. The Morgan fingerprint density at radius 2 is 2.24 bits per heavy atom. The first-order valence-electron chi connectivity index (χ1n) is 6.07. The van der Waals surface area contributed by atoms with Crippen LogP contribution < -0.4 is 4.74 Å². The third kappa shape index (κ3) is 2.68. The highest BCUT2D eigenvalue weighted by atomic mass is 32.2. The van der Waals surface area contributed by atoms with E-state index in [1.807, 2.05) is 18.2 Å². The van der Waals surface area contributed by atoms with Crippen molar-refractivity contribution in [2.24, 2.45) is 0 Å². The van der Waals surface area contributed by atoms with Gasteiger partial charge in [0, 0.05) is 12.3 Å². The first-order chi connectivity index (χ1) is 10.2. The first kappa shape index (κ1) is 13.4. The number of nitrogens with zero attached hydrogens (tertiary/aromatic N) is 2. The number of pyridine rings is 1. The van der Waals surface area contributed by atoms with Gasteiger partial charge in [-0.3, -0.25) is 0 Å². The van der Waals surface area contributed by atoms with Crippen molar-refractivity contribution in [2.45, 2.75) is 10.2 Å². The number of benzene rings is 1. The topological polar surface area (TPSA) is 88.1 Å². The van der Waals surface area contributed by atoms with E-state index >= 15 is 0 Å². The monoisotopic (exact) mass is 301 g/mol. The van der Waals surface area contributed by atoms with E-state index in [1.54, 1.807) is 19.4 Å². The van der Waals surface area contributed by atoms with E-state index in [2.05, 4.69) is 15.0 Å². The molecule has 2 aromatic heterocycles. The minimum absolute atomic E-state index is 0.153. The normalized spacial score (nSPS) is 10.7. The van der Waals surface area contributed by atoms with Crippen molar-refractivity contribution in [2.75, 3.05) is 7.11 Å². The Balaban J connectivity index is 1.97. The number of fused-ring (bicyclic) bond motifs is 1. The van der Waals surface area contributed by atoms with Crippen molar-refractivity contribution < 1.29 is 14.6 Å². The molecule has 0 saturated heterocycles. The summed E-state index contributed by atoms with van der Waals surface area (Å²) in [6, 6.07) is 8.61. The van der Waals surface area contributed by atoms with Gasteiger partial charge in [-0.15, -0.1) is 0 Å². The van der Waals surface area contributed by atoms with Gasteiger partial charge in [0.05, 0.1) is 23.7 Å². The fourth-order valence-corrected chi connectivity index (χ4v) is 2.73. The van der Waals surface area contributed by atoms with Crippen LogP contribution in [0.1, 0.15) is 10.4 Å². The van der Waals surface area contributed by atoms with Gasteiger partial charge in [-0.1, -0.05) is 0 Å². The van der Waals surface area contributed by atoms with Crippen molar-refractivity contribution in [3.05, 3.63) is 42.1 Å². The standard InChI is InChI=1S/C14H11N3O3S/c1-20-8-4-5-10-11(7-8)17-14(16-10)21-12-9(13(18)19)3-2-6-15-12/h2-7H,1H3,(H,16,17)(H,18,19). The number of hydrogen-bond acceptors (Lipinski definition) is 5. The fourth-order valence-electron chi connectivity index (χ4n) is 1.87. The average Bonchev–Trinajstić information content (AvgIpc) is 2.88. The highest BCUT2D eigenvalue weighted by Crippen LogP contribution is 2.29. The van der Waals surface area contributed by atoms with Gasteiger partial charge in [-0.25, -0.2) is 14.8 Å². The Morgan fingerprint density at radius 3 is 3.00 bits per heavy atom. The number of carboxylic acid groups (broad SMARTS) is 1. The molecule has 0 amide bonds. The maximum atomic E-state index is 11.2. The number of hydrogen-bond donors (Lipinski definition) is 2. The Bertz CT molecular complexity index is 816. The second kappa shape index (κ2) is 5.45. The number of nitrogens with one attached hydrogen (secondary N) is 1. The van der Waals surface area contributed by atoms with Gasteiger partial charge >= 0.3 is 5.97 Å². The average molecular weight is 301 g/mol. The van der Waals surface area contributed by atoms with Crippen LogP contribution in [0.2, 0.25) is 0 Å². The van der Waals surface area contributed by atoms with Gasteiger partial charge < -0.3 is 14.8 Å². The van der Waals surface area contributed by atoms with Gasteiger partial charge in [-0.05, 0) is 36.0 Å². The molecule has 3 rings (SSSR count). The van der Waals surface area contributed by atoms with E-state index in [0.29, 0.717) is 10.2 Å². The zero-order valence-electron chi connectivity index (χ0n) is 11.0. The quantitative estimate of drug-likeness (QED) is 0.770. The van der Waals surface area contributed by atoms with Gasteiger partial charge in [-0.2, -0.15) is 0 Å². The van der Waals surface area contributed by atoms with E-state index in [4.69, 9.17) is 9.84 Å². The number of ether oxygens (including phenoxy) is 1. The number of imidazole rings is 1. The molecule has 7 heteroatoms. The van der Waals surface area contributed by atoms with Crippen LogP contribution in [0.5, 0.6) is 5.75 Å². The maximum absolute atomic E-state index is 11.2. The van der Waals surface area contributed by atoms with E-state index in [-0.39, 0.29) is 5.56 Å². The molecule has 6 nitrogen and oxygen atoms in total. The second-order valence-corrected chi connectivity index (χ2v) is 5.17. The lowest BCUT2D eigenvalue weighted by molar-refractivity contribution is 0.0692. The molecule has 106 valence electrons. The molecule has 0 aliphatic carbocycles. The van der Waals surface area contributed by atoms with Crippen LogP contribution in [-0.4, -0.2) is 33.1 Å². The summed E-state index contributed by atoms with van der Waals surface area (Å²) in [5.41, 5.74) is 1.76. The molecule has 0 spiro atoms. The number of carbonyl (C=O) groups is 1. The number of aromatic amines is 1. The predicted octanol–water partition coefficient (Wildman–Crippen LogP) is 2.82. The smallest absolute Gasteiger partial charge is 0.338 e. The Kier molecular flexibility index (Phi) is 3.49. The lowest BCUT2D eigenvalue weighted by Gasteiger charge is -2.01. The summed E-state index contributed by atoms with van der Waals surface area (Å²) < 4.78 is 5.16. The van der Waals surface area contributed by atoms with Crippen LogP contribution in [0.25, 0.3) is 11.0 Å². The maximum Gasteiger partial charge on any atom is 0.338 e. The largest absolute Gasteiger partial charge is 0.497 e. The minimum Gasteiger partial charge on any atom is -0.497 e. The fraction of sp³-hybridized carbons (Fsp3) is 0.0714. The van der Waals surface area contributed by atoms with E-state index in [0.717, 1.165) is 16.8 Å². The number of carboxylic acids is 1. The zero-order valence-corrected chi connectivity index (χ0v) is 11.8. The van der Waals surface area contributed by atoms with Crippen LogP contribution in [0.3, 0.4) is 0 Å². The van der Waals surface area contributed by atoms with Crippen molar-refractivity contribution in [3.8, 4) is 5.75 Å². The summed E-state index contributed by atoms with van der Waals surface area (Å²) in [4.78, 5) is 22.8. The molecular formula is C14H11N3O3S. The van der Waals surface area contributed by atoms with E-state index in [1.165, 1.54) is 17.8 Å². The first-order valence-corrected chi connectivity index (χ1v) is 6.89. The minimum atomic E-state index is -1.01. The lowest BCUT2D eigenvalue weighted by atomic mass is 10.3. The van der Waals surface area contributed by atoms with Crippen LogP contribution in [0.15, 0.2) is 46.7 Å². The van der Waals surface area contributed by atoms with E-state index in [9.17, 15) is 4.79 Å². The van der Waals surface area contributed by atoms with Gasteiger partial charge in [0.2, 0.25) is 0 Å². The molecule has 3 aromatic rings. The molecule has 1 aromatic carbocycles. The number of methoxy groups -OCH3 is 1. The second-order valence-electron chi connectivity index (χ2n) is 4.19. The summed E-state index contributed by atoms with van der Waals surface area (Å²) >= 11 is 1.18. The van der Waals surface area contributed by atoms with Crippen LogP contribution in [0.4, 0.5) is 0 Å². The summed E-state index contributed by atoms with van der Waals surface area (Å²) in [5, 5.41) is 10.1. The van der Waals surface area contributed by atoms with Crippen molar-refractivity contribution in [3.63, 3.8) is 0 Å². The van der Waals surface area contributed by atoms with Crippen LogP contribution >= 0.6 is 11.8 Å². The number of aromatic carboxylic acids is 1. The highest BCUT2D eigenvalue weighted by molar-refractivity contribution is 7.99. The summed E-state index contributed by atoms with van der Waals surface area (Å²) in [5.74, 6) is -0.282. The van der Waals surface area contributed by atoms with Gasteiger partial charge in [0.25, 0.3) is 0 Å². The third-order valence-corrected chi connectivity index (χ3v) is 3.77. The molecule has 2 heterocycles. The number of aromatic nitrogens is 3. The van der Waals surface area contributed by atoms with Gasteiger partial charge in [0.1, 0.15) is 10.8 Å². The van der Waals surface area contributed by atoms with Crippen LogP contribution in [0, 0.1) is 0 Å². The summed E-state index contributed by atoms with van der Waals surface area (Å²) in [6.07, 6.45) is 1.56. The molecule has 0 aliphatic rings. The van der Waals surface area contributed by atoms with Crippen LogP contribution in [-0.2, 0) is 0 Å². The molecule has 0 aliphatic heterocycles. The van der Waals surface area contributed by atoms with E-state index < -0.39 is 5.97 Å². The van der Waals surface area contributed by atoms with Crippen molar-refractivity contribution in [1.29, 1.82) is 0 Å². The van der Waals surface area contributed by atoms with Gasteiger partial charge in [0.15, 0.2) is 5.16 Å². The SMILES string of the molecule is COc1ccc2nc(Sc3ncccc3C(=O)O)[nH]c2c1. The zero-order chi connectivity index (χ0) is 14.8. The lowest BCUT2D eigenvalue weighted by Crippen LogP contribution is -2.00. The molecule has 21 heavy (non-hydrogen) atoms.